The molecule has 0 unspecified atom stereocenters. The largest absolute Gasteiger partial charge is 0.469 e. The number of carbonyl (C=O) groups is 2. The number of amides is 1. The maximum atomic E-state index is 11.3. The SMILES string of the molecule is COC(=O)CNC(=O)c1coc(C)c1. The number of aryl methyl sites for hydroxylation is 1. The zero-order valence-electron chi connectivity index (χ0n) is 7.99. The molecule has 0 bridgehead atoms. The highest BCUT2D eigenvalue weighted by Crippen LogP contribution is 2.05. The van der Waals surface area contributed by atoms with Crippen LogP contribution in [-0.2, 0) is 9.53 Å². The van der Waals surface area contributed by atoms with Gasteiger partial charge in [0.1, 0.15) is 18.6 Å². The summed E-state index contributed by atoms with van der Waals surface area (Å²) >= 11 is 0. The predicted octanol–water partition coefficient (Wildman–Crippen LogP) is 0.491. The van der Waals surface area contributed by atoms with Crippen molar-refractivity contribution < 1.29 is 18.7 Å². The van der Waals surface area contributed by atoms with Crippen molar-refractivity contribution in [2.24, 2.45) is 0 Å². The molecule has 1 heterocycles. The molecule has 0 fully saturated rings. The topological polar surface area (TPSA) is 68.5 Å². The van der Waals surface area contributed by atoms with Crippen molar-refractivity contribution in [1.29, 1.82) is 0 Å². The molecule has 76 valence electrons. The minimum absolute atomic E-state index is 0.139. The molecule has 14 heavy (non-hydrogen) atoms. The van der Waals surface area contributed by atoms with E-state index in [0.29, 0.717) is 11.3 Å². The Labute approximate surface area is 81.0 Å². The Morgan fingerprint density at radius 3 is 2.79 bits per heavy atom. The summed E-state index contributed by atoms with van der Waals surface area (Å²) in [5.41, 5.74) is 0.395. The number of hydrogen-bond donors (Lipinski definition) is 1. The van der Waals surface area contributed by atoms with Crippen LogP contribution < -0.4 is 5.32 Å². The molecule has 1 aromatic heterocycles. The zero-order chi connectivity index (χ0) is 10.6. The van der Waals surface area contributed by atoms with Gasteiger partial charge in [-0.1, -0.05) is 0 Å². The predicted molar refractivity (Wildman–Crippen MR) is 47.8 cm³/mol. The summed E-state index contributed by atoms with van der Waals surface area (Å²) in [5.74, 6) is -0.195. The monoisotopic (exact) mass is 197 g/mol. The average Bonchev–Trinajstić information content (AvgIpc) is 2.60. The number of ether oxygens (including phenoxy) is 1. The minimum Gasteiger partial charge on any atom is -0.469 e. The van der Waals surface area contributed by atoms with Gasteiger partial charge in [-0.05, 0) is 13.0 Å². The Morgan fingerprint density at radius 1 is 1.57 bits per heavy atom. The van der Waals surface area contributed by atoms with Gasteiger partial charge in [-0.2, -0.15) is 0 Å². The minimum atomic E-state index is -0.487. The van der Waals surface area contributed by atoms with Crippen molar-refractivity contribution in [3.63, 3.8) is 0 Å². The third-order valence-electron chi connectivity index (χ3n) is 1.61. The summed E-state index contributed by atoms with van der Waals surface area (Å²) in [7, 11) is 1.26. The lowest BCUT2D eigenvalue weighted by molar-refractivity contribution is -0.139. The number of carbonyl (C=O) groups excluding carboxylic acids is 2. The molecular formula is C9H11NO4. The van der Waals surface area contributed by atoms with Crippen LogP contribution in [0.2, 0.25) is 0 Å². The fraction of sp³-hybridized carbons (Fsp3) is 0.333. The van der Waals surface area contributed by atoms with E-state index in [4.69, 9.17) is 4.42 Å². The first kappa shape index (κ1) is 10.3. The highest BCUT2D eigenvalue weighted by atomic mass is 16.5. The van der Waals surface area contributed by atoms with Crippen molar-refractivity contribution in [1.82, 2.24) is 5.32 Å². The van der Waals surface area contributed by atoms with Crippen LogP contribution in [-0.4, -0.2) is 25.5 Å². The highest BCUT2D eigenvalue weighted by Gasteiger charge is 2.09. The van der Waals surface area contributed by atoms with Gasteiger partial charge in [0, 0.05) is 0 Å². The maximum Gasteiger partial charge on any atom is 0.325 e. The summed E-state index contributed by atoms with van der Waals surface area (Å²) in [4.78, 5) is 22.0. The van der Waals surface area contributed by atoms with Crippen LogP contribution in [0.25, 0.3) is 0 Å². The van der Waals surface area contributed by atoms with E-state index in [1.165, 1.54) is 13.4 Å². The summed E-state index contributed by atoms with van der Waals surface area (Å²) in [6, 6.07) is 1.59. The zero-order valence-corrected chi connectivity index (χ0v) is 7.99. The van der Waals surface area contributed by atoms with Crippen LogP contribution in [0.5, 0.6) is 0 Å². The second-order valence-corrected chi connectivity index (χ2v) is 2.70. The highest BCUT2D eigenvalue weighted by molar-refractivity contribution is 5.95. The van der Waals surface area contributed by atoms with Crippen molar-refractivity contribution in [2.45, 2.75) is 6.92 Å². The van der Waals surface area contributed by atoms with E-state index in [1.54, 1.807) is 13.0 Å². The average molecular weight is 197 g/mol. The number of methoxy groups -OCH3 is 1. The van der Waals surface area contributed by atoms with Crippen LogP contribution in [0, 0.1) is 6.92 Å². The van der Waals surface area contributed by atoms with E-state index < -0.39 is 5.97 Å². The van der Waals surface area contributed by atoms with E-state index in [9.17, 15) is 9.59 Å². The third kappa shape index (κ3) is 2.62. The molecular weight excluding hydrogens is 186 g/mol. The molecule has 1 N–H and O–H groups in total. The third-order valence-corrected chi connectivity index (χ3v) is 1.61. The second-order valence-electron chi connectivity index (χ2n) is 2.70. The van der Waals surface area contributed by atoms with Crippen LogP contribution in [0.1, 0.15) is 16.1 Å². The lowest BCUT2D eigenvalue weighted by Gasteiger charge is -2.00. The number of hydrogen-bond acceptors (Lipinski definition) is 4. The van der Waals surface area contributed by atoms with Crippen molar-refractivity contribution in [3.05, 3.63) is 23.7 Å². The Balaban J connectivity index is 2.47. The number of furan rings is 1. The molecule has 0 aliphatic heterocycles. The molecule has 0 saturated carbocycles. The van der Waals surface area contributed by atoms with E-state index in [2.05, 4.69) is 10.1 Å². The molecule has 1 aromatic rings. The van der Waals surface area contributed by atoms with Crippen LogP contribution in [0.3, 0.4) is 0 Å². The van der Waals surface area contributed by atoms with Crippen LogP contribution in [0.4, 0.5) is 0 Å². The van der Waals surface area contributed by atoms with Gasteiger partial charge in [0.15, 0.2) is 0 Å². The van der Waals surface area contributed by atoms with Crippen LogP contribution in [0.15, 0.2) is 16.7 Å². The van der Waals surface area contributed by atoms with Gasteiger partial charge in [-0.15, -0.1) is 0 Å². The molecule has 5 heteroatoms. The molecule has 5 nitrogen and oxygen atoms in total. The fourth-order valence-corrected chi connectivity index (χ4v) is 0.889. The van der Waals surface area contributed by atoms with E-state index in [0.717, 1.165) is 0 Å². The van der Waals surface area contributed by atoms with Gasteiger partial charge in [-0.25, -0.2) is 0 Å². The van der Waals surface area contributed by atoms with Gasteiger partial charge in [0.2, 0.25) is 0 Å². The molecule has 0 radical (unpaired) electrons. The van der Waals surface area contributed by atoms with Crippen molar-refractivity contribution in [2.75, 3.05) is 13.7 Å². The first-order chi connectivity index (χ1) is 6.63. The van der Waals surface area contributed by atoms with Crippen LogP contribution >= 0.6 is 0 Å². The Kier molecular flexibility index (Phi) is 3.28. The smallest absolute Gasteiger partial charge is 0.325 e. The maximum absolute atomic E-state index is 11.3. The van der Waals surface area contributed by atoms with E-state index >= 15 is 0 Å². The first-order valence-corrected chi connectivity index (χ1v) is 4.03. The molecule has 0 spiro atoms. The normalized spacial score (nSPS) is 9.57. The Morgan fingerprint density at radius 2 is 2.29 bits per heavy atom. The summed E-state index contributed by atoms with van der Waals surface area (Å²) in [6.07, 6.45) is 1.34. The lowest BCUT2D eigenvalue weighted by Crippen LogP contribution is -2.29. The summed E-state index contributed by atoms with van der Waals surface area (Å²) in [5, 5.41) is 2.39. The van der Waals surface area contributed by atoms with E-state index in [-0.39, 0.29) is 12.5 Å². The summed E-state index contributed by atoms with van der Waals surface area (Å²) < 4.78 is 9.31. The molecule has 1 rings (SSSR count). The standard InChI is InChI=1S/C9H11NO4/c1-6-3-7(5-14-6)9(12)10-4-8(11)13-2/h3,5H,4H2,1-2H3,(H,10,12). The molecule has 0 aliphatic carbocycles. The number of esters is 1. The molecule has 1 amide bonds. The van der Waals surface area contributed by atoms with Gasteiger partial charge in [0.25, 0.3) is 5.91 Å². The summed E-state index contributed by atoms with van der Waals surface area (Å²) in [6.45, 7) is 1.59. The molecule has 0 aliphatic rings. The Hall–Kier alpha value is -1.78. The van der Waals surface area contributed by atoms with E-state index in [1.807, 2.05) is 0 Å². The van der Waals surface area contributed by atoms with Gasteiger partial charge in [0.05, 0.1) is 12.7 Å². The molecule has 0 saturated heterocycles. The first-order valence-electron chi connectivity index (χ1n) is 4.03. The molecule has 0 aromatic carbocycles. The van der Waals surface area contributed by atoms with Gasteiger partial charge in [-0.3, -0.25) is 9.59 Å². The van der Waals surface area contributed by atoms with Gasteiger partial charge < -0.3 is 14.5 Å². The van der Waals surface area contributed by atoms with Gasteiger partial charge >= 0.3 is 5.97 Å². The second kappa shape index (κ2) is 4.45. The van der Waals surface area contributed by atoms with Crippen molar-refractivity contribution >= 4 is 11.9 Å². The number of rotatable bonds is 3. The fourth-order valence-electron chi connectivity index (χ4n) is 0.889. The Bertz CT molecular complexity index is 342. The molecule has 0 atom stereocenters. The lowest BCUT2D eigenvalue weighted by atomic mass is 10.3. The van der Waals surface area contributed by atoms with Crippen molar-refractivity contribution in [3.8, 4) is 0 Å². The quantitative estimate of drug-likeness (QED) is 0.716. The number of nitrogens with one attached hydrogen (secondary N) is 1.